The van der Waals surface area contributed by atoms with Crippen molar-refractivity contribution >= 4 is 5.78 Å². The van der Waals surface area contributed by atoms with E-state index in [2.05, 4.69) is 30.7 Å². The summed E-state index contributed by atoms with van der Waals surface area (Å²) < 4.78 is 12.8. The van der Waals surface area contributed by atoms with Gasteiger partial charge in [0.15, 0.2) is 5.78 Å². The minimum atomic E-state index is -0.408. The first-order valence-corrected chi connectivity index (χ1v) is 7.23. The maximum Gasteiger partial charge on any atom is 0.182 e. The number of hydrogen-bond donors (Lipinski definition) is 0. The maximum absolute atomic E-state index is 12.8. The summed E-state index contributed by atoms with van der Waals surface area (Å²) in [4.78, 5) is 18.2. The third kappa shape index (κ3) is 3.85. The maximum atomic E-state index is 12.8. The van der Waals surface area contributed by atoms with Crippen LogP contribution >= 0.6 is 0 Å². The van der Waals surface area contributed by atoms with Crippen LogP contribution in [0.2, 0.25) is 0 Å². The van der Waals surface area contributed by atoms with Crippen LogP contribution in [-0.4, -0.2) is 35.3 Å². The predicted octanol–water partition coefficient (Wildman–Crippen LogP) is 3.16. The number of ketones is 1. The van der Waals surface area contributed by atoms with Gasteiger partial charge in [0.05, 0.1) is 6.20 Å². The lowest BCUT2D eigenvalue weighted by molar-refractivity contribution is 0.0962. The molecular formula is C16H23FN2O. The molecule has 1 unspecified atom stereocenters. The number of carbonyl (C=O) groups is 1. The number of hydrogen-bond acceptors (Lipinski definition) is 3. The first-order chi connectivity index (χ1) is 9.36. The summed E-state index contributed by atoms with van der Waals surface area (Å²) in [6.07, 6.45) is 2.75. The Morgan fingerprint density at radius 2 is 2.20 bits per heavy atom. The van der Waals surface area contributed by atoms with Crippen LogP contribution in [0.4, 0.5) is 4.39 Å². The summed E-state index contributed by atoms with van der Waals surface area (Å²) in [7, 11) is 0. The van der Waals surface area contributed by atoms with E-state index in [0.29, 0.717) is 23.4 Å². The van der Waals surface area contributed by atoms with Crippen molar-refractivity contribution in [1.29, 1.82) is 0 Å². The van der Waals surface area contributed by atoms with Crippen molar-refractivity contribution in [2.24, 2.45) is 11.3 Å². The third-order valence-corrected chi connectivity index (χ3v) is 4.17. The van der Waals surface area contributed by atoms with Crippen LogP contribution in [0.15, 0.2) is 18.3 Å². The average Bonchev–Trinajstić information content (AvgIpc) is 2.85. The van der Waals surface area contributed by atoms with Crippen molar-refractivity contribution in [1.82, 2.24) is 9.88 Å². The van der Waals surface area contributed by atoms with Gasteiger partial charge in [0.1, 0.15) is 11.5 Å². The van der Waals surface area contributed by atoms with E-state index < -0.39 is 5.82 Å². The monoisotopic (exact) mass is 278 g/mol. The summed E-state index contributed by atoms with van der Waals surface area (Å²) in [6.45, 7) is 9.71. The molecule has 0 saturated carbocycles. The average molecular weight is 278 g/mol. The van der Waals surface area contributed by atoms with Gasteiger partial charge in [-0.25, -0.2) is 4.39 Å². The number of Topliss-reactive ketones (excluding diaryl/α,β-unsaturated/α-hetero) is 1. The van der Waals surface area contributed by atoms with E-state index >= 15 is 0 Å². The zero-order chi connectivity index (χ0) is 14.8. The smallest absolute Gasteiger partial charge is 0.182 e. The highest BCUT2D eigenvalue weighted by Crippen LogP contribution is 2.33. The number of halogens is 1. The molecule has 1 saturated heterocycles. The predicted molar refractivity (Wildman–Crippen MR) is 77.1 cm³/mol. The van der Waals surface area contributed by atoms with Crippen LogP contribution in [-0.2, 0) is 0 Å². The largest absolute Gasteiger partial charge is 0.303 e. The van der Waals surface area contributed by atoms with Gasteiger partial charge in [-0.3, -0.25) is 9.78 Å². The summed E-state index contributed by atoms with van der Waals surface area (Å²) >= 11 is 0. The summed E-state index contributed by atoms with van der Waals surface area (Å²) in [5, 5.41) is 0. The number of rotatable bonds is 4. The zero-order valence-electron chi connectivity index (χ0n) is 12.5. The Morgan fingerprint density at radius 1 is 1.45 bits per heavy atom. The molecule has 1 aliphatic heterocycles. The van der Waals surface area contributed by atoms with E-state index in [1.54, 1.807) is 0 Å². The summed E-state index contributed by atoms with van der Waals surface area (Å²) in [5.41, 5.74) is 0.690. The van der Waals surface area contributed by atoms with Gasteiger partial charge in [0.2, 0.25) is 0 Å². The van der Waals surface area contributed by atoms with Gasteiger partial charge in [-0.05, 0) is 36.4 Å². The quantitative estimate of drug-likeness (QED) is 0.793. The van der Waals surface area contributed by atoms with Crippen molar-refractivity contribution in [3.63, 3.8) is 0 Å². The highest BCUT2D eigenvalue weighted by Gasteiger charge is 2.31. The molecule has 1 fully saturated rings. The molecule has 2 rings (SSSR count). The topological polar surface area (TPSA) is 33.2 Å². The van der Waals surface area contributed by atoms with Crippen LogP contribution in [0.1, 0.15) is 44.1 Å². The van der Waals surface area contributed by atoms with E-state index in [1.807, 2.05) is 0 Å². The first kappa shape index (κ1) is 15.1. The normalized spacial score (nSPS) is 20.3. The summed E-state index contributed by atoms with van der Waals surface area (Å²) in [5.74, 6) is 0.278. The van der Waals surface area contributed by atoms with Crippen molar-refractivity contribution in [2.45, 2.75) is 33.6 Å². The zero-order valence-corrected chi connectivity index (χ0v) is 12.5. The lowest BCUT2D eigenvalue weighted by Gasteiger charge is -2.27. The number of nitrogens with zero attached hydrogens (tertiary/aromatic N) is 2. The molecule has 110 valence electrons. The molecule has 0 bridgehead atoms. The Morgan fingerprint density at radius 3 is 2.75 bits per heavy atom. The van der Waals surface area contributed by atoms with Crippen LogP contribution in [0, 0.1) is 17.2 Å². The Labute approximate surface area is 120 Å². The van der Waals surface area contributed by atoms with E-state index in [1.165, 1.54) is 18.6 Å². The Kier molecular flexibility index (Phi) is 4.53. The molecule has 0 N–H and O–H groups in total. The van der Waals surface area contributed by atoms with Crippen LogP contribution in [0.5, 0.6) is 0 Å². The Balaban J connectivity index is 1.81. The molecule has 0 radical (unpaired) electrons. The number of carbonyl (C=O) groups excluding carboxylic acids is 1. The van der Waals surface area contributed by atoms with E-state index in [-0.39, 0.29) is 5.78 Å². The molecule has 3 nitrogen and oxygen atoms in total. The van der Waals surface area contributed by atoms with Gasteiger partial charge < -0.3 is 4.90 Å². The lowest BCUT2D eigenvalue weighted by atomic mass is 9.80. The van der Waals surface area contributed by atoms with E-state index in [4.69, 9.17) is 0 Å². The molecule has 0 aromatic carbocycles. The van der Waals surface area contributed by atoms with Gasteiger partial charge in [-0.1, -0.05) is 20.8 Å². The molecule has 1 aromatic heterocycles. The van der Waals surface area contributed by atoms with Gasteiger partial charge in [0.25, 0.3) is 0 Å². The van der Waals surface area contributed by atoms with Gasteiger partial charge >= 0.3 is 0 Å². The van der Waals surface area contributed by atoms with Gasteiger partial charge in [0, 0.05) is 19.5 Å². The van der Waals surface area contributed by atoms with Gasteiger partial charge in [-0.15, -0.1) is 0 Å². The standard InChI is InChI=1S/C16H23FN2O/c1-16(2,3)12-6-8-19(11-12)9-7-15(20)14-5-4-13(17)10-18-14/h4-5,10,12H,6-9,11H2,1-3H3. The highest BCUT2D eigenvalue weighted by atomic mass is 19.1. The minimum absolute atomic E-state index is 0.00999. The fourth-order valence-electron chi connectivity index (χ4n) is 2.67. The van der Waals surface area contributed by atoms with Crippen molar-refractivity contribution in [3.8, 4) is 0 Å². The first-order valence-electron chi connectivity index (χ1n) is 7.23. The molecule has 1 aromatic rings. The highest BCUT2D eigenvalue weighted by molar-refractivity contribution is 5.94. The molecule has 0 amide bonds. The van der Waals surface area contributed by atoms with Crippen molar-refractivity contribution in [2.75, 3.05) is 19.6 Å². The fraction of sp³-hybridized carbons (Fsp3) is 0.625. The second-order valence-corrected chi connectivity index (χ2v) is 6.69. The second-order valence-electron chi connectivity index (χ2n) is 6.69. The molecule has 1 atom stereocenters. The molecule has 2 heterocycles. The van der Waals surface area contributed by atoms with E-state index in [0.717, 1.165) is 25.8 Å². The van der Waals surface area contributed by atoms with Gasteiger partial charge in [-0.2, -0.15) is 0 Å². The SMILES string of the molecule is CC(C)(C)C1CCN(CCC(=O)c2ccc(F)cn2)C1. The van der Waals surface area contributed by atoms with Crippen LogP contribution in [0.3, 0.4) is 0 Å². The fourth-order valence-corrected chi connectivity index (χ4v) is 2.67. The number of likely N-dealkylation sites (tertiary alicyclic amines) is 1. The second kappa shape index (κ2) is 6.00. The van der Waals surface area contributed by atoms with Crippen molar-refractivity contribution in [3.05, 3.63) is 29.8 Å². The van der Waals surface area contributed by atoms with E-state index in [9.17, 15) is 9.18 Å². The molecular weight excluding hydrogens is 255 g/mol. The van der Waals surface area contributed by atoms with Crippen molar-refractivity contribution < 1.29 is 9.18 Å². The molecule has 0 spiro atoms. The number of aromatic nitrogens is 1. The van der Waals surface area contributed by atoms with Crippen LogP contribution in [0.25, 0.3) is 0 Å². The Hall–Kier alpha value is -1.29. The Bertz CT molecular complexity index is 464. The molecule has 20 heavy (non-hydrogen) atoms. The lowest BCUT2D eigenvalue weighted by Crippen LogP contribution is -2.27. The molecule has 4 heteroatoms. The molecule has 0 aliphatic carbocycles. The minimum Gasteiger partial charge on any atom is -0.303 e. The summed E-state index contributed by atoms with van der Waals surface area (Å²) in [6, 6.07) is 2.74. The third-order valence-electron chi connectivity index (χ3n) is 4.17. The van der Waals surface area contributed by atoms with Crippen LogP contribution < -0.4 is 0 Å². The molecule has 1 aliphatic rings. The number of pyridine rings is 1.